The Balaban J connectivity index is 1.99. The number of carbonyl (C=O) groups excluding carboxylic acids is 1. The fraction of sp³-hybridized carbons (Fsp3) is 0.417. The quantitative estimate of drug-likeness (QED) is 0.731. The molecule has 0 aliphatic carbocycles. The predicted octanol–water partition coefficient (Wildman–Crippen LogP) is 1.66. The smallest absolute Gasteiger partial charge is 0.231 e. The molecule has 0 amide bonds. The van der Waals surface area contributed by atoms with Gasteiger partial charge in [0.2, 0.25) is 6.79 Å². The van der Waals surface area contributed by atoms with Gasteiger partial charge in [0.15, 0.2) is 24.1 Å². The summed E-state index contributed by atoms with van der Waals surface area (Å²) in [6, 6.07) is 3.41. The lowest BCUT2D eigenvalue weighted by Gasteiger charge is -2.24. The summed E-state index contributed by atoms with van der Waals surface area (Å²) in [5.41, 5.74) is 1.21. The molecule has 2 aliphatic heterocycles. The van der Waals surface area contributed by atoms with Crippen LogP contribution in [0.3, 0.4) is 0 Å². The Morgan fingerprint density at radius 2 is 1.82 bits per heavy atom. The molecule has 0 saturated carbocycles. The van der Waals surface area contributed by atoms with E-state index in [1.807, 2.05) is 0 Å². The number of hydrogen-bond acceptors (Lipinski definition) is 5. The average molecular weight is 236 g/mol. The number of ether oxygens (including phenoxy) is 4. The first kappa shape index (κ1) is 10.6. The van der Waals surface area contributed by atoms with Crippen LogP contribution >= 0.6 is 0 Å². The van der Waals surface area contributed by atoms with Gasteiger partial charge in [-0.25, -0.2) is 0 Å². The normalized spacial score (nSPS) is 19.3. The summed E-state index contributed by atoms with van der Waals surface area (Å²) in [7, 11) is 0. The zero-order chi connectivity index (χ0) is 11.7. The average Bonchev–Trinajstić information content (AvgIpc) is 2.85. The van der Waals surface area contributed by atoms with E-state index in [1.165, 1.54) is 0 Å². The van der Waals surface area contributed by atoms with E-state index in [-0.39, 0.29) is 6.79 Å². The number of rotatable bonds is 2. The number of hydrogen-bond donors (Lipinski definition) is 0. The van der Waals surface area contributed by atoms with Crippen LogP contribution in [-0.2, 0) is 9.47 Å². The van der Waals surface area contributed by atoms with E-state index in [1.54, 1.807) is 12.1 Å². The van der Waals surface area contributed by atoms with Crippen molar-refractivity contribution in [2.24, 2.45) is 0 Å². The maximum atomic E-state index is 11.1. The maximum absolute atomic E-state index is 11.1. The second-order valence-corrected chi connectivity index (χ2v) is 3.88. The van der Waals surface area contributed by atoms with Gasteiger partial charge in [0.1, 0.15) is 0 Å². The van der Waals surface area contributed by atoms with E-state index in [0.29, 0.717) is 35.8 Å². The summed E-state index contributed by atoms with van der Waals surface area (Å²) >= 11 is 0. The molecule has 0 aromatic heterocycles. The van der Waals surface area contributed by atoms with Crippen molar-refractivity contribution in [3.63, 3.8) is 0 Å². The summed E-state index contributed by atoms with van der Waals surface area (Å²) in [6.45, 7) is 1.46. The van der Waals surface area contributed by atoms with Crippen molar-refractivity contribution in [2.75, 3.05) is 20.0 Å². The van der Waals surface area contributed by atoms with Crippen molar-refractivity contribution in [3.8, 4) is 11.5 Å². The van der Waals surface area contributed by atoms with Crippen molar-refractivity contribution in [1.82, 2.24) is 0 Å². The first-order valence-corrected chi connectivity index (χ1v) is 5.50. The van der Waals surface area contributed by atoms with Crippen molar-refractivity contribution < 1.29 is 23.7 Å². The van der Waals surface area contributed by atoms with E-state index < -0.39 is 6.29 Å². The van der Waals surface area contributed by atoms with E-state index >= 15 is 0 Å². The zero-order valence-electron chi connectivity index (χ0n) is 9.18. The van der Waals surface area contributed by atoms with E-state index in [0.717, 1.165) is 12.7 Å². The molecule has 3 rings (SSSR count). The predicted molar refractivity (Wildman–Crippen MR) is 57.2 cm³/mol. The Bertz CT molecular complexity index is 437. The molecule has 1 aromatic rings. The van der Waals surface area contributed by atoms with Crippen molar-refractivity contribution in [3.05, 3.63) is 23.3 Å². The Morgan fingerprint density at radius 3 is 2.53 bits per heavy atom. The summed E-state index contributed by atoms with van der Waals surface area (Å²) in [5.74, 6) is 1.22. The first-order valence-electron chi connectivity index (χ1n) is 5.50. The molecule has 2 heterocycles. The minimum atomic E-state index is -0.488. The molecule has 0 atom stereocenters. The lowest BCUT2D eigenvalue weighted by atomic mass is 10.1. The van der Waals surface area contributed by atoms with Crippen LogP contribution in [-0.4, -0.2) is 26.3 Å². The zero-order valence-corrected chi connectivity index (χ0v) is 9.18. The first-order chi connectivity index (χ1) is 8.38. The lowest BCUT2D eigenvalue weighted by molar-refractivity contribution is -0.183. The van der Waals surface area contributed by atoms with Gasteiger partial charge >= 0.3 is 0 Å². The second kappa shape index (κ2) is 4.35. The van der Waals surface area contributed by atoms with Crippen molar-refractivity contribution in [1.29, 1.82) is 0 Å². The van der Waals surface area contributed by atoms with Crippen LogP contribution in [0.2, 0.25) is 0 Å². The highest BCUT2D eigenvalue weighted by atomic mass is 16.7. The molecule has 1 saturated heterocycles. The van der Waals surface area contributed by atoms with E-state index in [4.69, 9.17) is 18.9 Å². The highest BCUT2D eigenvalue weighted by Crippen LogP contribution is 2.37. The van der Waals surface area contributed by atoms with Crippen LogP contribution in [0.1, 0.15) is 28.6 Å². The Labute approximate surface area is 98.2 Å². The topological polar surface area (TPSA) is 54.0 Å². The summed E-state index contributed by atoms with van der Waals surface area (Å²) < 4.78 is 21.5. The molecule has 90 valence electrons. The molecule has 0 spiro atoms. The van der Waals surface area contributed by atoms with Gasteiger partial charge in [-0.3, -0.25) is 4.79 Å². The summed E-state index contributed by atoms with van der Waals surface area (Å²) in [5, 5.41) is 0. The highest BCUT2D eigenvalue weighted by molar-refractivity contribution is 5.79. The SMILES string of the molecule is O=Cc1cc2c(cc1C1OCCCO1)OCO2. The maximum Gasteiger partial charge on any atom is 0.231 e. The molecule has 0 radical (unpaired) electrons. The molecule has 17 heavy (non-hydrogen) atoms. The number of carbonyl (C=O) groups is 1. The Hall–Kier alpha value is -1.59. The third kappa shape index (κ3) is 1.87. The second-order valence-electron chi connectivity index (χ2n) is 3.88. The van der Waals surface area contributed by atoms with E-state index in [2.05, 4.69) is 0 Å². The third-order valence-corrected chi connectivity index (χ3v) is 2.79. The molecule has 0 N–H and O–H groups in total. The number of aldehydes is 1. The molecule has 2 aliphatic rings. The van der Waals surface area contributed by atoms with Gasteiger partial charge in [0, 0.05) is 11.1 Å². The standard InChI is InChI=1S/C12H12O5/c13-6-8-4-10-11(17-7-16-10)5-9(8)12-14-2-1-3-15-12/h4-6,12H,1-3,7H2. The molecule has 0 unspecified atom stereocenters. The van der Waals surface area contributed by atoms with Gasteiger partial charge in [-0.2, -0.15) is 0 Å². The minimum Gasteiger partial charge on any atom is -0.454 e. The molecular formula is C12H12O5. The highest BCUT2D eigenvalue weighted by Gasteiger charge is 2.24. The number of benzene rings is 1. The van der Waals surface area contributed by atoms with Crippen molar-refractivity contribution >= 4 is 6.29 Å². The van der Waals surface area contributed by atoms with E-state index in [9.17, 15) is 4.79 Å². The molecular weight excluding hydrogens is 224 g/mol. The van der Waals surface area contributed by atoms with Gasteiger partial charge in [0.25, 0.3) is 0 Å². The van der Waals surface area contributed by atoms with Crippen LogP contribution in [0.25, 0.3) is 0 Å². The Morgan fingerprint density at radius 1 is 1.12 bits per heavy atom. The minimum absolute atomic E-state index is 0.184. The molecule has 5 nitrogen and oxygen atoms in total. The monoisotopic (exact) mass is 236 g/mol. The van der Waals surface area contributed by atoms with Crippen LogP contribution in [0.15, 0.2) is 12.1 Å². The fourth-order valence-corrected chi connectivity index (χ4v) is 1.95. The lowest BCUT2D eigenvalue weighted by Crippen LogP contribution is -2.18. The molecule has 1 fully saturated rings. The fourth-order valence-electron chi connectivity index (χ4n) is 1.95. The molecule has 5 heteroatoms. The van der Waals surface area contributed by atoms with Gasteiger partial charge in [-0.15, -0.1) is 0 Å². The van der Waals surface area contributed by atoms with Gasteiger partial charge in [-0.1, -0.05) is 0 Å². The summed E-state index contributed by atoms with van der Waals surface area (Å²) in [4.78, 5) is 11.1. The van der Waals surface area contributed by atoms with Crippen LogP contribution in [0.5, 0.6) is 11.5 Å². The third-order valence-electron chi connectivity index (χ3n) is 2.79. The van der Waals surface area contributed by atoms with Crippen LogP contribution in [0.4, 0.5) is 0 Å². The summed E-state index contributed by atoms with van der Waals surface area (Å²) in [6.07, 6.45) is 1.16. The van der Waals surface area contributed by atoms with Gasteiger partial charge in [-0.05, 0) is 18.6 Å². The Kier molecular flexibility index (Phi) is 2.70. The van der Waals surface area contributed by atoms with Crippen molar-refractivity contribution in [2.45, 2.75) is 12.7 Å². The largest absolute Gasteiger partial charge is 0.454 e. The van der Waals surface area contributed by atoms with Gasteiger partial charge in [0.05, 0.1) is 13.2 Å². The molecule has 1 aromatic carbocycles. The number of fused-ring (bicyclic) bond motifs is 1. The van der Waals surface area contributed by atoms with Crippen LogP contribution in [0, 0.1) is 0 Å². The molecule has 0 bridgehead atoms. The van der Waals surface area contributed by atoms with Crippen LogP contribution < -0.4 is 9.47 Å². The van der Waals surface area contributed by atoms with Gasteiger partial charge < -0.3 is 18.9 Å².